The van der Waals surface area contributed by atoms with Gasteiger partial charge in [-0.15, -0.1) is 0 Å². The van der Waals surface area contributed by atoms with E-state index in [1.807, 2.05) is 24.3 Å². The summed E-state index contributed by atoms with van der Waals surface area (Å²) >= 11 is 0. The largest absolute Gasteiger partial charge is 0.391 e. The fourth-order valence-corrected chi connectivity index (χ4v) is 3.64. The maximum absolute atomic E-state index is 12.5. The highest BCUT2D eigenvalue weighted by Gasteiger charge is 2.31. The highest BCUT2D eigenvalue weighted by atomic mass is 16.5. The minimum absolute atomic E-state index is 0.0279. The van der Waals surface area contributed by atoms with Crippen molar-refractivity contribution in [2.45, 2.75) is 51.5 Å². The van der Waals surface area contributed by atoms with Gasteiger partial charge in [-0.25, -0.2) is 0 Å². The Morgan fingerprint density at radius 2 is 1.84 bits per heavy atom. The molecule has 1 saturated carbocycles. The summed E-state index contributed by atoms with van der Waals surface area (Å²) in [6.45, 7) is 7.38. The molecule has 1 aliphatic carbocycles. The van der Waals surface area contributed by atoms with Crippen LogP contribution in [0.25, 0.3) is 0 Å². The number of carbonyl (C=O) groups is 1. The summed E-state index contributed by atoms with van der Waals surface area (Å²) in [5.74, 6) is 0.357. The van der Waals surface area contributed by atoms with Gasteiger partial charge in [0.25, 0.3) is 5.91 Å². The molecule has 1 N–H and O–H groups in total. The zero-order valence-corrected chi connectivity index (χ0v) is 15.5. The van der Waals surface area contributed by atoms with Crippen LogP contribution in [-0.2, 0) is 11.3 Å². The smallest absolute Gasteiger partial charge is 0.253 e. The van der Waals surface area contributed by atoms with Crippen LogP contribution in [0.5, 0.6) is 0 Å². The van der Waals surface area contributed by atoms with E-state index in [9.17, 15) is 9.90 Å². The van der Waals surface area contributed by atoms with Gasteiger partial charge in [0.2, 0.25) is 0 Å². The Balaban J connectivity index is 1.54. The second kappa shape index (κ2) is 7.85. The van der Waals surface area contributed by atoms with Crippen LogP contribution in [0, 0.1) is 5.92 Å². The molecule has 2 fully saturated rings. The van der Waals surface area contributed by atoms with Crippen molar-refractivity contribution in [3.05, 3.63) is 35.4 Å². The van der Waals surface area contributed by atoms with Gasteiger partial charge in [-0.3, -0.25) is 9.69 Å². The number of carbonyl (C=O) groups excluding carboxylic acids is 1. The summed E-state index contributed by atoms with van der Waals surface area (Å²) in [4.78, 5) is 16.5. The average molecular weight is 346 g/mol. The normalized spacial score (nSPS) is 25.6. The Labute approximate surface area is 150 Å². The van der Waals surface area contributed by atoms with Crippen LogP contribution in [0.1, 0.15) is 42.6 Å². The van der Waals surface area contributed by atoms with Crippen molar-refractivity contribution in [3.63, 3.8) is 0 Å². The van der Waals surface area contributed by atoms with E-state index in [1.165, 1.54) is 5.56 Å². The van der Waals surface area contributed by atoms with Crippen molar-refractivity contribution in [2.24, 2.45) is 5.92 Å². The number of amides is 1. The first kappa shape index (κ1) is 18.4. The third-order valence-corrected chi connectivity index (χ3v) is 5.08. The Morgan fingerprint density at radius 3 is 2.40 bits per heavy atom. The van der Waals surface area contributed by atoms with Crippen LogP contribution in [-0.4, -0.2) is 65.8 Å². The van der Waals surface area contributed by atoms with Crippen molar-refractivity contribution >= 4 is 5.91 Å². The molecule has 0 radical (unpaired) electrons. The SMILES string of the molecule is CC1CN(Cc2ccc(C(=O)N(C)CC(O)C3CC3)cc2)CC(C)O1. The molecule has 0 bridgehead atoms. The topological polar surface area (TPSA) is 53.0 Å². The highest BCUT2D eigenvalue weighted by Crippen LogP contribution is 2.32. The number of hydrogen-bond donors (Lipinski definition) is 1. The lowest BCUT2D eigenvalue weighted by molar-refractivity contribution is -0.0704. The van der Waals surface area contributed by atoms with Crippen molar-refractivity contribution in [1.29, 1.82) is 0 Å². The zero-order chi connectivity index (χ0) is 18.0. The number of rotatable bonds is 6. The standard InChI is InChI=1S/C20H30N2O3/c1-14-10-22(11-15(2)25-14)12-16-4-6-18(7-5-16)20(24)21(3)13-19(23)17-8-9-17/h4-7,14-15,17,19,23H,8-13H2,1-3H3. The van der Waals surface area contributed by atoms with Crippen LogP contribution >= 0.6 is 0 Å². The van der Waals surface area contributed by atoms with Gasteiger partial charge in [-0.05, 0) is 50.3 Å². The number of morpholine rings is 1. The summed E-state index contributed by atoms with van der Waals surface area (Å²) in [6, 6.07) is 7.85. The van der Waals surface area contributed by atoms with Crippen LogP contribution in [0.3, 0.4) is 0 Å². The van der Waals surface area contributed by atoms with Crippen LogP contribution in [0.15, 0.2) is 24.3 Å². The first-order valence-corrected chi connectivity index (χ1v) is 9.32. The molecule has 3 unspecified atom stereocenters. The second-order valence-corrected chi connectivity index (χ2v) is 7.74. The number of hydrogen-bond acceptors (Lipinski definition) is 4. The lowest BCUT2D eigenvalue weighted by Crippen LogP contribution is -2.44. The Hall–Kier alpha value is -1.43. The molecule has 3 rings (SSSR count). The summed E-state index contributed by atoms with van der Waals surface area (Å²) in [5.41, 5.74) is 1.89. The number of ether oxygens (including phenoxy) is 1. The van der Waals surface area contributed by atoms with E-state index < -0.39 is 6.10 Å². The summed E-state index contributed by atoms with van der Waals surface area (Å²) in [7, 11) is 1.76. The minimum Gasteiger partial charge on any atom is -0.391 e. The lowest BCUT2D eigenvalue weighted by atomic mass is 10.1. The van der Waals surface area contributed by atoms with Gasteiger partial charge in [-0.1, -0.05) is 12.1 Å². The van der Waals surface area contributed by atoms with Crippen LogP contribution in [0.2, 0.25) is 0 Å². The Bertz CT molecular complexity index is 575. The molecule has 5 heteroatoms. The first-order valence-electron chi connectivity index (χ1n) is 9.32. The molecule has 1 aromatic carbocycles. The molecule has 1 aromatic rings. The molecule has 1 amide bonds. The first-order chi connectivity index (χ1) is 11.9. The Kier molecular flexibility index (Phi) is 5.77. The number of aliphatic hydroxyl groups is 1. The van der Waals surface area contributed by atoms with Gasteiger partial charge >= 0.3 is 0 Å². The van der Waals surface area contributed by atoms with Gasteiger partial charge in [0, 0.05) is 38.8 Å². The van der Waals surface area contributed by atoms with Crippen LogP contribution < -0.4 is 0 Å². The molecule has 3 atom stereocenters. The third kappa shape index (κ3) is 5.03. The van der Waals surface area contributed by atoms with Gasteiger partial charge in [0.15, 0.2) is 0 Å². The minimum atomic E-state index is -0.390. The summed E-state index contributed by atoms with van der Waals surface area (Å²) in [5, 5.41) is 10.0. The molecule has 5 nitrogen and oxygen atoms in total. The molecule has 1 heterocycles. The maximum atomic E-state index is 12.5. The van der Waals surface area contributed by atoms with E-state index in [1.54, 1.807) is 11.9 Å². The van der Waals surface area contributed by atoms with Gasteiger partial charge < -0.3 is 14.7 Å². The lowest BCUT2D eigenvalue weighted by Gasteiger charge is -2.35. The molecular weight excluding hydrogens is 316 g/mol. The number of aliphatic hydroxyl groups excluding tert-OH is 1. The van der Waals surface area contributed by atoms with Crippen LogP contribution in [0.4, 0.5) is 0 Å². The van der Waals surface area contributed by atoms with Gasteiger partial charge in [-0.2, -0.15) is 0 Å². The Morgan fingerprint density at radius 1 is 1.24 bits per heavy atom. The summed E-state index contributed by atoms with van der Waals surface area (Å²) in [6.07, 6.45) is 2.29. The number of nitrogens with zero attached hydrogens (tertiary/aromatic N) is 2. The molecule has 1 aliphatic heterocycles. The third-order valence-electron chi connectivity index (χ3n) is 5.08. The van der Waals surface area contributed by atoms with Crippen molar-refractivity contribution in [1.82, 2.24) is 9.80 Å². The van der Waals surface area contributed by atoms with Gasteiger partial charge in [0.05, 0.1) is 18.3 Å². The molecular formula is C20H30N2O3. The van der Waals surface area contributed by atoms with Gasteiger partial charge in [0.1, 0.15) is 0 Å². The predicted molar refractivity (Wildman–Crippen MR) is 97.4 cm³/mol. The average Bonchev–Trinajstić information content (AvgIpc) is 3.38. The second-order valence-electron chi connectivity index (χ2n) is 7.74. The van der Waals surface area contributed by atoms with E-state index in [-0.39, 0.29) is 18.1 Å². The molecule has 0 spiro atoms. The van der Waals surface area contributed by atoms with Crippen molar-refractivity contribution in [2.75, 3.05) is 26.7 Å². The van der Waals surface area contributed by atoms with Crippen molar-refractivity contribution in [3.8, 4) is 0 Å². The van der Waals surface area contributed by atoms with Crippen molar-refractivity contribution < 1.29 is 14.6 Å². The van der Waals surface area contributed by atoms with E-state index in [4.69, 9.17) is 4.74 Å². The predicted octanol–water partition coefficient (Wildman–Crippen LogP) is 2.14. The quantitative estimate of drug-likeness (QED) is 0.857. The fraction of sp³-hybridized carbons (Fsp3) is 0.650. The summed E-state index contributed by atoms with van der Waals surface area (Å²) < 4.78 is 5.77. The van der Waals surface area contributed by atoms with E-state index in [2.05, 4.69) is 18.7 Å². The van der Waals surface area contributed by atoms with E-state index in [0.29, 0.717) is 18.0 Å². The maximum Gasteiger partial charge on any atom is 0.253 e. The highest BCUT2D eigenvalue weighted by molar-refractivity contribution is 5.94. The number of benzene rings is 1. The molecule has 138 valence electrons. The molecule has 1 saturated heterocycles. The monoisotopic (exact) mass is 346 g/mol. The van der Waals surface area contributed by atoms with E-state index in [0.717, 1.165) is 32.5 Å². The zero-order valence-electron chi connectivity index (χ0n) is 15.5. The molecule has 25 heavy (non-hydrogen) atoms. The van der Waals surface area contributed by atoms with E-state index >= 15 is 0 Å². The molecule has 2 aliphatic rings. The fourth-order valence-electron chi connectivity index (χ4n) is 3.64. The number of likely N-dealkylation sites (N-methyl/N-ethyl adjacent to an activating group) is 1. The molecule has 0 aromatic heterocycles.